The SMILES string of the molecule is CCCCCC/C=C\CCCCCCCC(=O)NC(COP(=O)(O)OCCN)C(O)/C=C/CC/C=C/CCCCCCC. The van der Waals surface area contributed by atoms with Crippen molar-refractivity contribution >= 4 is 13.7 Å². The average molecular weight is 629 g/mol. The van der Waals surface area contributed by atoms with Crippen molar-refractivity contribution in [3.8, 4) is 0 Å². The molecule has 0 spiro atoms. The number of rotatable bonds is 31. The fourth-order valence-electron chi connectivity index (χ4n) is 4.55. The van der Waals surface area contributed by atoms with Crippen LogP contribution in [-0.4, -0.2) is 47.8 Å². The van der Waals surface area contributed by atoms with Crippen molar-refractivity contribution in [3.63, 3.8) is 0 Å². The lowest BCUT2D eigenvalue weighted by molar-refractivity contribution is -0.123. The topological polar surface area (TPSA) is 131 Å². The molecule has 0 fully saturated rings. The van der Waals surface area contributed by atoms with Crippen molar-refractivity contribution in [2.45, 2.75) is 154 Å². The third-order valence-corrected chi connectivity index (χ3v) is 8.17. The van der Waals surface area contributed by atoms with Crippen LogP contribution in [0.4, 0.5) is 0 Å². The minimum atomic E-state index is -4.33. The van der Waals surface area contributed by atoms with Crippen LogP contribution in [0.1, 0.15) is 142 Å². The molecule has 0 bridgehead atoms. The fraction of sp³-hybridized carbons (Fsp3) is 0.794. The maximum atomic E-state index is 12.6. The van der Waals surface area contributed by atoms with Crippen molar-refractivity contribution in [1.82, 2.24) is 5.32 Å². The summed E-state index contributed by atoms with van der Waals surface area (Å²) in [5.41, 5.74) is 5.33. The van der Waals surface area contributed by atoms with Gasteiger partial charge in [-0.05, 0) is 57.8 Å². The molecule has 0 aromatic heterocycles. The highest BCUT2D eigenvalue weighted by Gasteiger charge is 2.26. The molecule has 3 unspecified atom stereocenters. The van der Waals surface area contributed by atoms with Gasteiger partial charge in [0.05, 0.1) is 25.4 Å². The maximum Gasteiger partial charge on any atom is 0.472 e. The Hall–Kier alpha value is -1.28. The summed E-state index contributed by atoms with van der Waals surface area (Å²) in [7, 11) is -4.33. The van der Waals surface area contributed by atoms with Crippen molar-refractivity contribution in [3.05, 3.63) is 36.5 Å². The lowest BCUT2D eigenvalue weighted by Gasteiger charge is -2.23. The summed E-state index contributed by atoms with van der Waals surface area (Å²) >= 11 is 0. The van der Waals surface area contributed by atoms with Crippen molar-refractivity contribution < 1.29 is 28.4 Å². The van der Waals surface area contributed by atoms with Crippen molar-refractivity contribution in [1.29, 1.82) is 0 Å². The van der Waals surface area contributed by atoms with E-state index in [0.29, 0.717) is 6.42 Å². The van der Waals surface area contributed by atoms with Crippen LogP contribution >= 0.6 is 7.82 Å². The molecule has 0 heterocycles. The second-order valence-electron chi connectivity index (χ2n) is 11.4. The normalized spacial score (nSPS) is 15.0. The molecule has 0 saturated heterocycles. The van der Waals surface area contributed by atoms with E-state index in [2.05, 4.69) is 43.5 Å². The molecule has 0 aliphatic rings. The van der Waals surface area contributed by atoms with Gasteiger partial charge in [-0.15, -0.1) is 0 Å². The van der Waals surface area contributed by atoms with Gasteiger partial charge in [0.25, 0.3) is 0 Å². The molecule has 0 aromatic rings. The van der Waals surface area contributed by atoms with E-state index in [0.717, 1.165) is 57.8 Å². The minimum absolute atomic E-state index is 0.0720. The molecule has 1 amide bonds. The first-order valence-electron chi connectivity index (χ1n) is 17.1. The van der Waals surface area contributed by atoms with E-state index in [4.69, 9.17) is 14.8 Å². The van der Waals surface area contributed by atoms with Crippen LogP contribution in [0.15, 0.2) is 36.5 Å². The van der Waals surface area contributed by atoms with E-state index >= 15 is 0 Å². The minimum Gasteiger partial charge on any atom is -0.387 e. The van der Waals surface area contributed by atoms with E-state index < -0.39 is 20.0 Å². The second-order valence-corrected chi connectivity index (χ2v) is 12.8. The lowest BCUT2D eigenvalue weighted by atomic mass is 10.1. The molecule has 0 aromatic carbocycles. The molecule has 8 nitrogen and oxygen atoms in total. The molecule has 252 valence electrons. The summed E-state index contributed by atoms with van der Waals surface area (Å²) < 4.78 is 21.9. The first-order chi connectivity index (χ1) is 20.9. The average Bonchev–Trinajstić information content (AvgIpc) is 2.99. The first kappa shape index (κ1) is 41.7. The van der Waals surface area contributed by atoms with Crippen LogP contribution in [0.2, 0.25) is 0 Å². The highest BCUT2D eigenvalue weighted by atomic mass is 31.2. The Bertz CT molecular complexity index is 774. The maximum absolute atomic E-state index is 12.6. The Kier molecular flexibility index (Phi) is 29.8. The molecular formula is C34H65N2O6P. The van der Waals surface area contributed by atoms with Gasteiger partial charge >= 0.3 is 7.82 Å². The highest BCUT2D eigenvalue weighted by Crippen LogP contribution is 2.43. The Morgan fingerprint density at radius 3 is 1.81 bits per heavy atom. The predicted octanol–water partition coefficient (Wildman–Crippen LogP) is 8.43. The third-order valence-electron chi connectivity index (χ3n) is 7.19. The molecule has 3 atom stereocenters. The Morgan fingerprint density at radius 2 is 1.23 bits per heavy atom. The van der Waals surface area contributed by atoms with E-state index in [1.54, 1.807) is 6.08 Å². The monoisotopic (exact) mass is 628 g/mol. The second kappa shape index (κ2) is 30.7. The quantitative estimate of drug-likeness (QED) is 0.0344. The van der Waals surface area contributed by atoms with Gasteiger partial charge in [-0.1, -0.05) is 115 Å². The number of carbonyl (C=O) groups is 1. The summed E-state index contributed by atoms with van der Waals surface area (Å²) in [6.07, 6.45) is 33.3. The number of phosphoric acid groups is 1. The number of hydrogen-bond donors (Lipinski definition) is 4. The number of amides is 1. The summed E-state index contributed by atoms with van der Waals surface area (Å²) in [6.45, 7) is 4.03. The van der Waals surface area contributed by atoms with Crippen LogP contribution in [0.25, 0.3) is 0 Å². The van der Waals surface area contributed by atoms with Crippen LogP contribution in [0.5, 0.6) is 0 Å². The summed E-state index contributed by atoms with van der Waals surface area (Å²) in [4.78, 5) is 22.5. The Balaban J connectivity index is 4.46. The van der Waals surface area contributed by atoms with E-state index in [1.165, 1.54) is 64.2 Å². The van der Waals surface area contributed by atoms with Gasteiger partial charge in [0.15, 0.2) is 0 Å². The predicted molar refractivity (Wildman–Crippen MR) is 180 cm³/mol. The van der Waals surface area contributed by atoms with Gasteiger partial charge < -0.3 is 21.1 Å². The van der Waals surface area contributed by atoms with Gasteiger partial charge in [0.2, 0.25) is 5.91 Å². The van der Waals surface area contributed by atoms with E-state index in [9.17, 15) is 19.4 Å². The van der Waals surface area contributed by atoms with Gasteiger partial charge in [-0.3, -0.25) is 13.8 Å². The summed E-state index contributed by atoms with van der Waals surface area (Å²) in [5.74, 6) is -0.218. The number of aliphatic hydroxyl groups is 1. The first-order valence-corrected chi connectivity index (χ1v) is 18.6. The zero-order chi connectivity index (χ0) is 31.9. The van der Waals surface area contributed by atoms with Crippen molar-refractivity contribution in [2.24, 2.45) is 5.73 Å². The summed E-state index contributed by atoms with van der Waals surface area (Å²) in [6, 6.07) is -0.877. The number of unbranched alkanes of at least 4 members (excludes halogenated alkanes) is 15. The van der Waals surface area contributed by atoms with Crippen LogP contribution in [-0.2, 0) is 18.4 Å². The standard InChI is InChI=1S/C34H65N2O6P/c1-3-5-7-9-11-13-15-16-18-20-22-24-26-28-34(38)36-32(31-42-43(39,40)41-30-29-35)33(37)27-25-23-21-19-17-14-12-10-8-6-4-2/h13,15,17,19,25,27,32-33,37H,3-12,14,16,18,20-24,26,28-31,35H2,1-2H3,(H,36,38)(H,39,40)/b15-13-,19-17+,27-25+. The van der Waals surface area contributed by atoms with Gasteiger partial charge in [-0.2, -0.15) is 0 Å². The number of aliphatic hydroxyl groups excluding tert-OH is 1. The Morgan fingerprint density at radius 1 is 0.744 bits per heavy atom. The van der Waals surface area contributed by atoms with E-state index in [1.807, 2.05) is 6.08 Å². The van der Waals surface area contributed by atoms with Crippen molar-refractivity contribution in [2.75, 3.05) is 19.8 Å². The highest BCUT2D eigenvalue weighted by molar-refractivity contribution is 7.47. The number of phosphoric ester groups is 1. The zero-order valence-electron chi connectivity index (χ0n) is 27.4. The molecule has 43 heavy (non-hydrogen) atoms. The van der Waals surface area contributed by atoms with Crippen LogP contribution in [0, 0.1) is 0 Å². The smallest absolute Gasteiger partial charge is 0.387 e. The third kappa shape index (κ3) is 29.2. The molecular weight excluding hydrogens is 563 g/mol. The molecule has 0 aliphatic carbocycles. The van der Waals surface area contributed by atoms with Gasteiger partial charge in [-0.25, -0.2) is 4.57 Å². The number of hydrogen-bond acceptors (Lipinski definition) is 6. The zero-order valence-corrected chi connectivity index (χ0v) is 28.3. The molecule has 5 N–H and O–H groups in total. The number of carbonyl (C=O) groups excluding carboxylic acids is 1. The summed E-state index contributed by atoms with van der Waals surface area (Å²) in [5, 5.41) is 13.5. The molecule has 9 heteroatoms. The van der Waals surface area contributed by atoms with E-state index in [-0.39, 0.29) is 25.7 Å². The van der Waals surface area contributed by atoms with Gasteiger partial charge in [0, 0.05) is 13.0 Å². The van der Waals surface area contributed by atoms with Crippen LogP contribution < -0.4 is 11.1 Å². The fourth-order valence-corrected chi connectivity index (χ4v) is 5.31. The number of nitrogens with one attached hydrogen (secondary N) is 1. The van der Waals surface area contributed by atoms with Crippen LogP contribution in [0.3, 0.4) is 0 Å². The number of allylic oxidation sites excluding steroid dienone is 5. The molecule has 0 aliphatic heterocycles. The number of nitrogens with two attached hydrogens (primary N) is 1. The Labute approximate surface area is 263 Å². The molecule has 0 radical (unpaired) electrons. The molecule has 0 saturated carbocycles. The van der Waals surface area contributed by atoms with Gasteiger partial charge in [0.1, 0.15) is 0 Å². The largest absolute Gasteiger partial charge is 0.472 e. The lowest BCUT2D eigenvalue weighted by Crippen LogP contribution is -2.45. The molecule has 0 rings (SSSR count).